The fraction of sp³-hybridized carbons (Fsp3) is 0. The molecule has 0 N–H and O–H groups in total. The van der Waals surface area contributed by atoms with Crippen LogP contribution in [0.15, 0.2) is 206 Å². The van der Waals surface area contributed by atoms with E-state index in [4.69, 9.17) is 29.9 Å². The van der Waals surface area contributed by atoms with Crippen LogP contribution >= 0.6 is 11.3 Å². The maximum atomic E-state index is 5.26. The van der Waals surface area contributed by atoms with Gasteiger partial charge in [-0.3, -0.25) is 0 Å². The molecule has 6 nitrogen and oxygen atoms in total. The lowest BCUT2D eigenvalue weighted by Crippen LogP contribution is -2.03. The summed E-state index contributed by atoms with van der Waals surface area (Å²) in [6, 6.07) is 70.6. The van der Waals surface area contributed by atoms with Crippen LogP contribution in [-0.2, 0) is 0 Å². The molecule has 0 bridgehead atoms. The molecule has 0 fully saturated rings. The van der Waals surface area contributed by atoms with Crippen molar-refractivity contribution >= 4 is 31.5 Å². The molecule has 0 atom stereocenters. The summed E-state index contributed by atoms with van der Waals surface area (Å²) >= 11 is 1.81. The number of aromatic nitrogens is 6. The maximum Gasteiger partial charge on any atom is 0.164 e. The molecule has 61 heavy (non-hydrogen) atoms. The first-order valence-corrected chi connectivity index (χ1v) is 20.9. The average Bonchev–Trinajstić information content (AvgIpc) is 3.73. The highest BCUT2D eigenvalue weighted by Crippen LogP contribution is 2.45. The third-order valence-corrected chi connectivity index (χ3v) is 11.9. The molecular weight excluding hydrogens is 765 g/mol. The van der Waals surface area contributed by atoms with Gasteiger partial charge in [0.1, 0.15) is 0 Å². The SMILES string of the molecule is c1ccc(-c2ccc3sc4cccc(-c5ccc(-c6nc(-c7ccccc7)nc(-c7ccccc7)n6)cc5-c5nc(-c6ccccc6)nc(-c6ccccc6)n5)c4c3c2)cc1. The van der Waals surface area contributed by atoms with Gasteiger partial charge in [-0.2, -0.15) is 0 Å². The Morgan fingerprint density at radius 2 is 0.672 bits per heavy atom. The third kappa shape index (κ3) is 7.03. The van der Waals surface area contributed by atoms with Gasteiger partial charge in [0.15, 0.2) is 34.9 Å². The molecule has 0 saturated heterocycles. The van der Waals surface area contributed by atoms with Crippen molar-refractivity contribution in [2.24, 2.45) is 0 Å². The van der Waals surface area contributed by atoms with Gasteiger partial charge in [0.05, 0.1) is 0 Å². The number of thiophene rings is 1. The van der Waals surface area contributed by atoms with E-state index < -0.39 is 0 Å². The number of benzene rings is 8. The Morgan fingerprint density at radius 3 is 1.16 bits per heavy atom. The van der Waals surface area contributed by atoms with E-state index >= 15 is 0 Å². The smallest absolute Gasteiger partial charge is 0.164 e. The minimum absolute atomic E-state index is 0.548. The van der Waals surface area contributed by atoms with Gasteiger partial charge in [0.25, 0.3) is 0 Å². The van der Waals surface area contributed by atoms with Crippen molar-refractivity contribution < 1.29 is 0 Å². The second kappa shape index (κ2) is 15.6. The molecule has 0 aliphatic carbocycles. The lowest BCUT2D eigenvalue weighted by molar-refractivity contribution is 1.07. The van der Waals surface area contributed by atoms with Crippen molar-refractivity contribution in [1.82, 2.24) is 29.9 Å². The number of nitrogens with zero attached hydrogens (tertiary/aromatic N) is 6. The molecule has 3 heterocycles. The molecule has 7 heteroatoms. The van der Waals surface area contributed by atoms with Crippen molar-refractivity contribution in [3.05, 3.63) is 206 Å². The van der Waals surface area contributed by atoms with Crippen molar-refractivity contribution in [2.45, 2.75) is 0 Å². The second-order valence-corrected chi connectivity index (χ2v) is 15.8. The van der Waals surface area contributed by atoms with Crippen molar-refractivity contribution in [3.63, 3.8) is 0 Å². The summed E-state index contributed by atoms with van der Waals surface area (Å²) in [5.74, 6) is 3.46. The van der Waals surface area contributed by atoms with Gasteiger partial charge < -0.3 is 0 Å². The zero-order valence-corrected chi connectivity index (χ0v) is 33.5. The van der Waals surface area contributed by atoms with Gasteiger partial charge in [0.2, 0.25) is 0 Å². The Morgan fingerprint density at radius 1 is 0.246 bits per heavy atom. The lowest BCUT2D eigenvalue weighted by atomic mass is 9.92. The second-order valence-electron chi connectivity index (χ2n) is 14.7. The maximum absolute atomic E-state index is 5.26. The summed E-state index contributed by atoms with van der Waals surface area (Å²) < 4.78 is 2.43. The van der Waals surface area contributed by atoms with E-state index in [9.17, 15) is 0 Å². The van der Waals surface area contributed by atoms with Crippen LogP contribution < -0.4 is 0 Å². The predicted molar refractivity (Wildman–Crippen MR) is 250 cm³/mol. The largest absolute Gasteiger partial charge is 0.208 e. The average molecular weight is 799 g/mol. The molecule has 8 aromatic carbocycles. The summed E-state index contributed by atoms with van der Waals surface area (Å²) in [6.45, 7) is 0. The molecule has 11 rings (SSSR count). The first-order chi connectivity index (χ1) is 30.2. The summed E-state index contributed by atoms with van der Waals surface area (Å²) in [7, 11) is 0. The quantitative estimate of drug-likeness (QED) is 0.152. The number of hydrogen-bond donors (Lipinski definition) is 0. The number of fused-ring (bicyclic) bond motifs is 3. The fourth-order valence-electron chi connectivity index (χ4n) is 7.83. The molecule has 0 unspecified atom stereocenters. The van der Waals surface area contributed by atoms with Gasteiger partial charge in [-0.1, -0.05) is 182 Å². The normalized spacial score (nSPS) is 11.3. The van der Waals surface area contributed by atoms with E-state index in [1.807, 2.05) is 121 Å². The lowest BCUT2D eigenvalue weighted by Gasteiger charge is -2.15. The van der Waals surface area contributed by atoms with E-state index in [0.29, 0.717) is 34.9 Å². The molecule has 0 spiro atoms. The zero-order chi connectivity index (χ0) is 40.5. The predicted octanol–water partition coefficient (Wildman–Crippen LogP) is 13.8. The van der Waals surface area contributed by atoms with Crippen LogP contribution in [0.25, 0.3) is 111 Å². The first kappa shape index (κ1) is 36.1. The van der Waals surface area contributed by atoms with Crippen molar-refractivity contribution in [3.8, 4) is 90.6 Å². The summed E-state index contributed by atoms with van der Waals surface area (Å²) in [5, 5.41) is 2.39. The number of rotatable bonds is 8. The molecule has 286 valence electrons. The molecule has 0 radical (unpaired) electrons. The van der Waals surface area contributed by atoms with Gasteiger partial charge in [-0.25, -0.2) is 29.9 Å². The number of hydrogen-bond acceptors (Lipinski definition) is 7. The Bertz CT molecular complexity index is 3220. The van der Waals surface area contributed by atoms with E-state index in [2.05, 4.69) is 84.9 Å². The Labute approximate surface area is 356 Å². The van der Waals surface area contributed by atoms with Crippen LogP contribution in [0, 0.1) is 0 Å². The van der Waals surface area contributed by atoms with Crippen molar-refractivity contribution in [1.29, 1.82) is 0 Å². The fourth-order valence-corrected chi connectivity index (χ4v) is 8.94. The minimum atomic E-state index is 0.548. The molecular formula is C54H34N6S. The van der Waals surface area contributed by atoms with Crippen LogP contribution in [0.2, 0.25) is 0 Å². The monoisotopic (exact) mass is 798 g/mol. The molecule has 11 aromatic rings. The highest BCUT2D eigenvalue weighted by molar-refractivity contribution is 7.26. The van der Waals surface area contributed by atoms with E-state index in [1.165, 1.54) is 31.3 Å². The third-order valence-electron chi connectivity index (χ3n) is 10.8. The zero-order valence-electron chi connectivity index (χ0n) is 32.7. The van der Waals surface area contributed by atoms with E-state index in [0.717, 1.165) is 44.5 Å². The summed E-state index contributed by atoms with van der Waals surface area (Å²) in [5.41, 5.74) is 9.70. The molecule has 3 aromatic heterocycles. The summed E-state index contributed by atoms with van der Waals surface area (Å²) in [6.07, 6.45) is 0. The van der Waals surface area contributed by atoms with E-state index in [1.54, 1.807) is 11.3 Å². The topological polar surface area (TPSA) is 77.3 Å². The van der Waals surface area contributed by atoms with Crippen LogP contribution in [0.5, 0.6) is 0 Å². The van der Waals surface area contributed by atoms with Gasteiger partial charge in [-0.05, 0) is 46.5 Å². The van der Waals surface area contributed by atoms with Gasteiger partial charge >= 0.3 is 0 Å². The van der Waals surface area contributed by atoms with E-state index in [-0.39, 0.29) is 0 Å². The Balaban J connectivity index is 1.18. The molecule has 0 aliphatic heterocycles. The van der Waals surface area contributed by atoms with Crippen LogP contribution in [-0.4, -0.2) is 29.9 Å². The highest BCUT2D eigenvalue weighted by Gasteiger charge is 2.21. The molecule has 0 amide bonds. The molecule has 0 saturated carbocycles. The minimum Gasteiger partial charge on any atom is -0.208 e. The standard InChI is InChI=1S/C54H34N6S/c1-6-17-35(18-7-1)40-30-32-46-45(33-40)48-43(27-16-28-47(48)61-46)42-31-29-41(53-57-49(36-19-8-2-9-20-36)55-50(58-53)37-21-10-3-11-22-37)34-44(42)54-59-51(38-23-12-4-13-24-38)56-52(60-54)39-25-14-5-15-26-39/h1-34H. The van der Waals surface area contributed by atoms with Crippen LogP contribution in [0.1, 0.15) is 0 Å². The van der Waals surface area contributed by atoms with Crippen LogP contribution in [0.4, 0.5) is 0 Å². The van der Waals surface area contributed by atoms with Gasteiger partial charge in [-0.15, -0.1) is 11.3 Å². The Hall–Kier alpha value is -8.00. The Kier molecular flexibility index (Phi) is 9.26. The first-order valence-electron chi connectivity index (χ1n) is 20.1. The molecule has 0 aliphatic rings. The van der Waals surface area contributed by atoms with Crippen LogP contribution in [0.3, 0.4) is 0 Å². The summed E-state index contributed by atoms with van der Waals surface area (Å²) in [4.78, 5) is 30.8. The van der Waals surface area contributed by atoms with Gasteiger partial charge in [0, 0.05) is 53.6 Å². The van der Waals surface area contributed by atoms with Crippen molar-refractivity contribution in [2.75, 3.05) is 0 Å². The highest BCUT2D eigenvalue weighted by atomic mass is 32.1.